The first-order valence-electron chi connectivity index (χ1n) is 16.8. The molecule has 0 saturated carbocycles. The second-order valence-corrected chi connectivity index (χ2v) is 12.9. The molecule has 52 heavy (non-hydrogen) atoms. The SMILES string of the molecule is COCCOCCOCC[O][Cu][c]1cccc2c3nc4nc(nc5[nH]c(nc6nc(nc([nH]3)c12)-c1ccccc1-6)c1ccccc51)-c1ccccc1-4. The molecule has 13 heteroatoms. The fourth-order valence-electron chi connectivity index (χ4n) is 6.30. The van der Waals surface area contributed by atoms with Crippen molar-refractivity contribution in [1.82, 2.24) is 39.9 Å². The van der Waals surface area contributed by atoms with Crippen LogP contribution in [0.25, 0.3) is 89.7 Å². The van der Waals surface area contributed by atoms with Crippen LogP contribution in [0.2, 0.25) is 0 Å². The van der Waals surface area contributed by atoms with Crippen molar-refractivity contribution in [3.8, 4) is 45.6 Å². The van der Waals surface area contributed by atoms with Crippen molar-refractivity contribution < 1.29 is 33.3 Å². The number of hydrogen-bond donors (Lipinski definition) is 2. The molecule has 0 fully saturated rings. The number of benzene rings is 4. The van der Waals surface area contributed by atoms with Gasteiger partial charge in [0.1, 0.15) is 0 Å². The van der Waals surface area contributed by atoms with E-state index >= 15 is 0 Å². The summed E-state index contributed by atoms with van der Waals surface area (Å²) in [5.74, 6) is 2.21. The van der Waals surface area contributed by atoms with E-state index in [4.69, 9.17) is 47.9 Å². The van der Waals surface area contributed by atoms with Gasteiger partial charge in [0, 0.05) is 0 Å². The van der Waals surface area contributed by atoms with Gasteiger partial charge in [0.25, 0.3) is 0 Å². The fraction of sp³-hybridized carbons (Fsp3) is 0.179. The number of aromatic nitrogens is 8. The standard InChI is InChI=1S/C32H17N8.C7H15O4.Cu/c1-2-10-18-17(9-1)25-33-26(18)38-28-21-13-5-6-14-22(21)30(35-28)40-32-24-16-8-7-15-23(24)31(36-32)39-29-20-12-4-3-11-19(20)27(34-29)37-25;1-9-4-5-11-7-6-10-3-2-8;/h1-15H,(H2,33,34,35,36,37,38,39,40);2-7H2,1H3;/q;-1;+1. The number of methoxy groups -OCH3 is 1. The number of rotatable bonds is 11. The van der Waals surface area contributed by atoms with E-state index in [-0.39, 0.29) is 0 Å². The van der Waals surface area contributed by atoms with Gasteiger partial charge in [0.15, 0.2) is 0 Å². The van der Waals surface area contributed by atoms with Gasteiger partial charge in [-0.05, 0) is 0 Å². The molecule has 12 nitrogen and oxygen atoms in total. The summed E-state index contributed by atoms with van der Waals surface area (Å²) in [5, 5.41) is 3.58. The molecule has 263 valence electrons. The molecular formula is C39H32CuN8O4. The van der Waals surface area contributed by atoms with E-state index in [2.05, 4.69) is 9.97 Å². The Hall–Kier alpha value is -5.40. The van der Waals surface area contributed by atoms with Crippen LogP contribution < -0.4 is 4.46 Å². The van der Waals surface area contributed by atoms with Crippen LogP contribution in [0.3, 0.4) is 0 Å². The van der Waals surface area contributed by atoms with Crippen LogP contribution in [-0.4, -0.2) is 86.6 Å². The molecule has 0 saturated heterocycles. The summed E-state index contributed by atoms with van der Waals surface area (Å²) in [5.41, 5.74) is 6.07. The van der Waals surface area contributed by atoms with Crippen molar-refractivity contribution in [2.75, 3.05) is 46.8 Å². The third-order valence-corrected chi connectivity index (χ3v) is 9.63. The summed E-state index contributed by atoms with van der Waals surface area (Å²) in [6, 6.07) is 30.1. The number of nitrogens with zero attached hydrogens (tertiary/aromatic N) is 6. The van der Waals surface area contributed by atoms with E-state index in [0.29, 0.717) is 85.5 Å². The van der Waals surface area contributed by atoms with E-state index in [1.54, 1.807) is 7.11 Å². The third-order valence-electron chi connectivity index (χ3n) is 8.70. The van der Waals surface area contributed by atoms with Gasteiger partial charge in [-0.15, -0.1) is 0 Å². The average Bonchev–Trinajstić information content (AvgIpc) is 3.91. The van der Waals surface area contributed by atoms with Crippen LogP contribution in [-0.2, 0) is 33.3 Å². The Bertz CT molecular complexity index is 2620. The van der Waals surface area contributed by atoms with Crippen molar-refractivity contribution in [3.05, 3.63) is 91.0 Å². The van der Waals surface area contributed by atoms with E-state index in [1.165, 1.54) is 15.3 Å². The molecule has 0 aliphatic carbocycles. The third kappa shape index (κ3) is 6.13. The first-order valence-corrected chi connectivity index (χ1v) is 17.7. The summed E-state index contributed by atoms with van der Waals surface area (Å²) in [6.45, 7) is 2.89. The monoisotopic (exact) mass is 739 g/mol. The molecule has 2 aliphatic rings. The number of nitrogens with one attached hydrogen (secondary N) is 2. The van der Waals surface area contributed by atoms with E-state index in [9.17, 15) is 0 Å². The molecule has 0 spiro atoms. The van der Waals surface area contributed by atoms with E-state index < -0.39 is 0 Å². The van der Waals surface area contributed by atoms with Crippen molar-refractivity contribution in [2.45, 2.75) is 0 Å². The van der Waals surface area contributed by atoms with Crippen molar-refractivity contribution in [1.29, 1.82) is 0 Å². The number of hydrogen-bond acceptors (Lipinski definition) is 10. The van der Waals surface area contributed by atoms with Crippen LogP contribution in [0.15, 0.2) is 91.0 Å². The van der Waals surface area contributed by atoms with Crippen LogP contribution in [0, 0.1) is 0 Å². The quantitative estimate of drug-likeness (QED) is 0.116. The molecule has 0 unspecified atom stereocenters. The molecule has 4 aromatic carbocycles. The Morgan fingerprint density at radius 2 is 0.904 bits per heavy atom. The normalized spacial score (nSPS) is 12.1. The maximum absolute atomic E-state index is 6.02. The Labute approximate surface area is 304 Å². The summed E-state index contributed by atoms with van der Waals surface area (Å²) in [6.07, 6.45) is 0. The summed E-state index contributed by atoms with van der Waals surface area (Å²) < 4.78 is 23.0. The van der Waals surface area contributed by atoms with Gasteiger partial charge in [-0.1, -0.05) is 6.07 Å². The predicted octanol–water partition coefficient (Wildman–Crippen LogP) is 6.19. The van der Waals surface area contributed by atoms with Gasteiger partial charge in [-0.3, -0.25) is 0 Å². The van der Waals surface area contributed by atoms with Gasteiger partial charge < -0.3 is 0 Å². The zero-order valence-electron chi connectivity index (χ0n) is 28.0. The van der Waals surface area contributed by atoms with Gasteiger partial charge in [0.05, 0.1) is 0 Å². The molecule has 3 aromatic heterocycles. The summed E-state index contributed by atoms with van der Waals surface area (Å²) >= 11 is 1.39. The summed E-state index contributed by atoms with van der Waals surface area (Å²) in [4.78, 5) is 37.4. The molecule has 9 rings (SSSR count). The molecule has 0 amide bonds. The molecule has 2 aliphatic heterocycles. The van der Waals surface area contributed by atoms with Gasteiger partial charge in [-0.25, -0.2) is 0 Å². The molecule has 0 radical (unpaired) electrons. The van der Waals surface area contributed by atoms with Crippen molar-refractivity contribution >= 4 is 48.6 Å². The molecule has 2 N–H and O–H groups in total. The predicted molar refractivity (Wildman–Crippen MR) is 195 cm³/mol. The first-order chi connectivity index (χ1) is 25.7. The number of H-pyrrole nitrogens is 2. The van der Waals surface area contributed by atoms with Crippen LogP contribution >= 0.6 is 0 Å². The number of aromatic amines is 2. The average molecular weight is 740 g/mol. The fourth-order valence-corrected chi connectivity index (χ4v) is 7.11. The van der Waals surface area contributed by atoms with Crippen LogP contribution in [0.1, 0.15) is 0 Å². The second kappa shape index (κ2) is 14.3. The first kappa shape index (κ1) is 32.5. The molecule has 0 atom stereocenters. The zero-order valence-corrected chi connectivity index (χ0v) is 29.0. The zero-order chi connectivity index (χ0) is 34.9. The van der Waals surface area contributed by atoms with Gasteiger partial charge in [0.2, 0.25) is 0 Å². The Balaban J connectivity index is 1.21. The molecule has 7 aromatic rings. The van der Waals surface area contributed by atoms with E-state index in [1.807, 2.05) is 91.0 Å². The maximum atomic E-state index is 6.02. The molecular weight excluding hydrogens is 708 g/mol. The second-order valence-electron chi connectivity index (χ2n) is 11.9. The van der Waals surface area contributed by atoms with E-state index in [0.717, 1.165) is 48.3 Å². The minimum absolute atomic E-state index is 0.382. The van der Waals surface area contributed by atoms with Crippen molar-refractivity contribution in [2.24, 2.45) is 0 Å². The Morgan fingerprint density at radius 3 is 1.46 bits per heavy atom. The Kier molecular flexibility index (Phi) is 8.95. The van der Waals surface area contributed by atoms with Crippen molar-refractivity contribution in [3.63, 3.8) is 0 Å². The topological polar surface area (TPSA) is 146 Å². The minimum atomic E-state index is 0.382. The van der Waals surface area contributed by atoms with Gasteiger partial charge >= 0.3 is 299 Å². The molecule has 8 bridgehead atoms. The summed E-state index contributed by atoms with van der Waals surface area (Å²) in [7, 11) is 1.65. The number of ether oxygens (including phenoxy) is 3. The van der Waals surface area contributed by atoms with Gasteiger partial charge in [-0.2, -0.15) is 0 Å². The van der Waals surface area contributed by atoms with Crippen LogP contribution in [0.5, 0.6) is 0 Å². The van der Waals surface area contributed by atoms with Crippen LogP contribution in [0.4, 0.5) is 0 Å². The molecule has 5 heterocycles. The Morgan fingerprint density at radius 1 is 0.462 bits per heavy atom. The number of fused-ring (bicyclic) bond motifs is 20.